The van der Waals surface area contributed by atoms with Crippen molar-refractivity contribution < 1.29 is 0 Å². The molecule has 0 unspecified atom stereocenters. The summed E-state index contributed by atoms with van der Waals surface area (Å²) < 4.78 is 0. The van der Waals surface area contributed by atoms with Crippen LogP contribution in [0.4, 0.5) is 0 Å². The Kier molecular flexibility index (Phi) is 4.57. The molecule has 2 aromatic rings. The highest BCUT2D eigenvalue weighted by atomic mass is 15.3. The zero-order valence-corrected chi connectivity index (χ0v) is 13.5. The Morgan fingerprint density at radius 1 is 0.773 bits per heavy atom. The molecule has 116 valence electrons. The molecule has 2 N–H and O–H groups in total. The second-order valence-electron chi connectivity index (χ2n) is 5.92. The van der Waals surface area contributed by atoms with Gasteiger partial charge in [-0.15, -0.1) is 0 Å². The Morgan fingerprint density at radius 3 is 1.73 bits per heavy atom. The average molecular weight is 295 g/mol. The van der Waals surface area contributed by atoms with Gasteiger partial charge in [0.1, 0.15) is 0 Å². The summed E-state index contributed by atoms with van der Waals surface area (Å²) in [5, 5.41) is 0. The van der Waals surface area contributed by atoms with E-state index in [0.717, 1.165) is 13.1 Å². The molecule has 0 saturated carbocycles. The van der Waals surface area contributed by atoms with E-state index in [2.05, 4.69) is 71.1 Å². The van der Waals surface area contributed by atoms with Gasteiger partial charge < -0.3 is 10.6 Å². The van der Waals surface area contributed by atoms with Gasteiger partial charge in [-0.05, 0) is 36.3 Å². The standard InChI is InChI=1S/C18H20N2.CH5N/c1-19-10-12-20(13-11-19)18-16-8-4-2-6-14(16)15-7-3-5-9-17(15)18;1-2/h2-9,18H,10-13H2,1H3;2H2,1H3. The molecule has 1 fully saturated rings. The summed E-state index contributed by atoms with van der Waals surface area (Å²) in [7, 11) is 3.72. The predicted octanol–water partition coefficient (Wildman–Crippen LogP) is 2.58. The third-order valence-corrected chi connectivity index (χ3v) is 4.70. The van der Waals surface area contributed by atoms with Gasteiger partial charge in [-0.2, -0.15) is 0 Å². The Morgan fingerprint density at radius 2 is 1.23 bits per heavy atom. The quantitative estimate of drug-likeness (QED) is 0.877. The fraction of sp³-hybridized carbons (Fsp3) is 0.368. The largest absolute Gasteiger partial charge is 0.333 e. The lowest BCUT2D eigenvalue weighted by atomic mass is 10.0. The summed E-state index contributed by atoms with van der Waals surface area (Å²) >= 11 is 0. The zero-order valence-electron chi connectivity index (χ0n) is 13.5. The fourth-order valence-corrected chi connectivity index (χ4v) is 3.60. The van der Waals surface area contributed by atoms with Crippen LogP contribution < -0.4 is 5.73 Å². The molecule has 0 radical (unpaired) electrons. The summed E-state index contributed by atoms with van der Waals surface area (Å²) in [6.45, 7) is 4.65. The number of rotatable bonds is 1. The van der Waals surface area contributed by atoms with Crippen LogP contribution in [0, 0.1) is 0 Å². The van der Waals surface area contributed by atoms with Gasteiger partial charge in [0.2, 0.25) is 0 Å². The van der Waals surface area contributed by atoms with Gasteiger partial charge >= 0.3 is 0 Å². The molecule has 4 rings (SSSR count). The second kappa shape index (κ2) is 6.61. The van der Waals surface area contributed by atoms with Crippen molar-refractivity contribution in [1.82, 2.24) is 9.80 Å². The van der Waals surface area contributed by atoms with E-state index in [1.165, 1.54) is 42.4 Å². The topological polar surface area (TPSA) is 32.5 Å². The minimum atomic E-state index is 0.455. The molecule has 0 aromatic heterocycles. The lowest BCUT2D eigenvalue weighted by Crippen LogP contribution is -2.45. The third-order valence-electron chi connectivity index (χ3n) is 4.70. The summed E-state index contributed by atoms with van der Waals surface area (Å²) in [5.74, 6) is 0. The molecule has 1 aliphatic carbocycles. The Balaban J connectivity index is 0.000000693. The highest BCUT2D eigenvalue weighted by Crippen LogP contribution is 2.46. The molecule has 0 amide bonds. The fourth-order valence-electron chi connectivity index (χ4n) is 3.60. The Hall–Kier alpha value is -1.68. The van der Waals surface area contributed by atoms with E-state index in [1.807, 2.05) is 0 Å². The van der Waals surface area contributed by atoms with Gasteiger partial charge in [-0.25, -0.2) is 0 Å². The number of likely N-dealkylation sites (N-methyl/N-ethyl adjacent to an activating group) is 1. The van der Waals surface area contributed by atoms with E-state index in [-0.39, 0.29) is 0 Å². The van der Waals surface area contributed by atoms with Crippen LogP contribution in [0.1, 0.15) is 17.2 Å². The van der Waals surface area contributed by atoms with Gasteiger partial charge in [0.15, 0.2) is 0 Å². The molecule has 1 heterocycles. The van der Waals surface area contributed by atoms with Crippen LogP contribution in [0.25, 0.3) is 11.1 Å². The smallest absolute Gasteiger partial charge is 0.0614 e. The molecule has 1 aliphatic heterocycles. The summed E-state index contributed by atoms with van der Waals surface area (Å²) in [6.07, 6.45) is 0. The van der Waals surface area contributed by atoms with Crippen LogP contribution in [0.3, 0.4) is 0 Å². The number of hydrogen-bond donors (Lipinski definition) is 1. The minimum Gasteiger partial charge on any atom is -0.333 e. The summed E-state index contributed by atoms with van der Waals surface area (Å²) in [5.41, 5.74) is 10.3. The first kappa shape index (κ1) is 15.2. The van der Waals surface area contributed by atoms with Crippen molar-refractivity contribution in [1.29, 1.82) is 0 Å². The second-order valence-corrected chi connectivity index (χ2v) is 5.92. The van der Waals surface area contributed by atoms with Crippen LogP contribution in [0.15, 0.2) is 48.5 Å². The van der Waals surface area contributed by atoms with Crippen molar-refractivity contribution in [2.24, 2.45) is 5.73 Å². The van der Waals surface area contributed by atoms with Crippen LogP contribution in [-0.4, -0.2) is 50.1 Å². The van der Waals surface area contributed by atoms with Gasteiger partial charge in [0, 0.05) is 26.2 Å². The van der Waals surface area contributed by atoms with Crippen molar-refractivity contribution in [3.05, 3.63) is 59.7 Å². The lowest BCUT2D eigenvalue weighted by molar-refractivity contribution is 0.129. The van der Waals surface area contributed by atoms with Gasteiger partial charge in [-0.3, -0.25) is 4.90 Å². The molecular formula is C19H25N3. The number of hydrogen-bond acceptors (Lipinski definition) is 3. The molecule has 3 nitrogen and oxygen atoms in total. The SMILES string of the molecule is CN.CN1CCN(C2c3ccccc3-c3ccccc32)CC1. The monoisotopic (exact) mass is 295 g/mol. The number of nitrogens with two attached hydrogens (primary N) is 1. The van der Waals surface area contributed by atoms with Crippen LogP contribution in [0.2, 0.25) is 0 Å². The number of benzene rings is 2. The van der Waals surface area contributed by atoms with E-state index in [4.69, 9.17) is 0 Å². The van der Waals surface area contributed by atoms with E-state index in [9.17, 15) is 0 Å². The Bertz CT molecular complexity index is 585. The van der Waals surface area contributed by atoms with Crippen LogP contribution in [-0.2, 0) is 0 Å². The summed E-state index contributed by atoms with van der Waals surface area (Å²) in [4.78, 5) is 5.06. The first-order chi connectivity index (χ1) is 10.8. The van der Waals surface area contributed by atoms with E-state index < -0.39 is 0 Å². The molecule has 2 aromatic carbocycles. The molecular weight excluding hydrogens is 270 g/mol. The molecule has 2 aliphatic rings. The third kappa shape index (κ3) is 2.56. The van der Waals surface area contributed by atoms with E-state index in [0.29, 0.717) is 6.04 Å². The number of fused-ring (bicyclic) bond motifs is 3. The van der Waals surface area contributed by atoms with Crippen molar-refractivity contribution >= 4 is 0 Å². The maximum atomic E-state index is 4.50. The highest BCUT2D eigenvalue weighted by Gasteiger charge is 2.33. The molecule has 0 bridgehead atoms. The van der Waals surface area contributed by atoms with E-state index >= 15 is 0 Å². The van der Waals surface area contributed by atoms with Crippen LogP contribution >= 0.6 is 0 Å². The predicted molar refractivity (Wildman–Crippen MR) is 92.9 cm³/mol. The van der Waals surface area contributed by atoms with E-state index in [1.54, 1.807) is 0 Å². The first-order valence-corrected chi connectivity index (χ1v) is 8.03. The minimum absolute atomic E-state index is 0.455. The molecule has 22 heavy (non-hydrogen) atoms. The molecule has 3 heteroatoms. The maximum absolute atomic E-state index is 4.50. The van der Waals surface area contributed by atoms with Crippen LogP contribution in [0.5, 0.6) is 0 Å². The first-order valence-electron chi connectivity index (χ1n) is 8.03. The molecule has 1 saturated heterocycles. The Labute approximate surface area is 133 Å². The summed E-state index contributed by atoms with van der Waals surface area (Å²) in [6, 6.07) is 18.3. The normalized spacial score (nSPS) is 18.3. The lowest BCUT2D eigenvalue weighted by Gasteiger charge is -2.37. The molecule has 0 spiro atoms. The number of nitrogens with zero attached hydrogens (tertiary/aromatic N) is 2. The number of piperazine rings is 1. The van der Waals surface area contributed by atoms with Gasteiger partial charge in [0.05, 0.1) is 6.04 Å². The zero-order chi connectivity index (χ0) is 15.5. The van der Waals surface area contributed by atoms with Crippen molar-refractivity contribution in [3.63, 3.8) is 0 Å². The van der Waals surface area contributed by atoms with Crippen molar-refractivity contribution in [2.75, 3.05) is 40.3 Å². The van der Waals surface area contributed by atoms with Gasteiger partial charge in [0.25, 0.3) is 0 Å². The maximum Gasteiger partial charge on any atom is 0.0614 e. The molecule has 0 atom stereocenters. The van der Waals surface area contributed by atoms with Crippen molar-refractivity contribution in [2.45, 2.75) is 6.04 Å². The highest BCUT2D eigenvalue weighted by molar-refractivity contribution is 5.78. The average Bonchev–Trinajstić information content (AvgIpc) is 2.92. The van der Waals surface area contributed by atoms with Crippen molar-refractivity contribution in [3.8, 4) is 11.1 Å². The van der Waals surface area contributed by atoms with Gasteiger partial charge in [-0.1, -0.05) is 48.5 Å².